The molecule has 0 aliphatic carbocycles. The summed E-state index contributed by atoms with van der Waals surface area (Å²) in [4.78, 5) is 68.6. The van der Waals surface area contributed by atoms with Gasteiger partial charge in [0.25, 0.3) is 5.91 Å². The van der Waals surface area contributed by atoms with Crippen LogP contribution in [-0.2, 0) is 32.1 Å². The van der Waals surface area contributed by atoms with Gasteiger partial charge in [-0.1, -0.05) is 44.2 Å². The zero-order chi connectivity index (χ0) is 39.9. The first-order valence-corrected chi connectivity index (χ1v) is 18.6. The van der Waals surface area contributed by atoms with Gasteiger partial charge >= 0.3 is 0 Å². The Hall–Kier alpha value is -5.34. The van der Waals surface area contributed by atoms with Crippen molar-refractivity contribution in [2.24, 2.45) is 11.7 Å². The molecule has 15 heteroatoms. The van der Waals surface area contributed by atoms with Gasteiger partial charge in [-0.3, -0.25) is 24.0 Å². The number of carbonyl (C=O) groups excluding carboxylic acids is 5. The zero-order valence-electron chi connectivity index (χ0n) is 32.7. The SMILES string of the molecule is COc1cc2ccc1CNC(=O)[C@H](C)NC(=O)[C@H](CCc1ccccc1)NC(=O)CN(C(=O)[C@@H](N)CC(C)C)CCCCNC(=O)c1ccc(OC)c(c1)O2.Cl. The van der Waals surface area contributed by atoms with Gasteiger partial charge in [0.2, 0.25) is 23.6 Å². The molecule has 0 radical (unpaired) electrons. The van der Waals surface area contributed by atoms with Gasteiger partial charge in [0.1, 0.15) is 23.6 Å². The van der Waals surface area contributed by atoms with E-state index in [1.54, 1.807) is 43.3 Å². The minimum Gasteiger partial charge on any atom is -0.496 e. The number of hydrogen-bond donors (Lipinski definition) is 5. The summed E-state index contributed by atoms with van der Waals surface area (Å²) in [5, 5.41) is 11.3. The zero-order valence-corrected chi connectivity index (χ0v) is 33.5. The monoisotopic (exact) mass is 794 g/mol. The van der Waals surface area contributed by atoms with Crippen LogP contribution in [0.4, 0.5) is 0 Å². The molecule has 0 spiro atoms. The smallest absolute Gasteiger partial charge is 0.251 e. The third kappa shape index (κ3) is 13.4. The van der Waals surface area contributed by atoms with Crippen molar-refractivity contribution >= 4 is 41.9 Å². The van der Waals surface area contributed by atoms with Crippen molar-refractivity contribution in [1.29, 1.82) is 0 Å². The molecule has 5 amide bonds. The average molecular weight is 795 g/mol. The maximum atomic E-state index is 13.7. The Labute approximate surface area is 335 Å². The van der Waals surface area contributed by atoms with E-state index in [2.05, 4.69) is 21.3 Å². The second-order valence-corrected chi connectivity index (χ2v) is 14.0. The second kappa shape index (κ2) is 22.3. The molecule has 0 aromatic heterocycles. The van der Waals surface area contributed by atoms with E-state index in [-0.39, 0.29) is 56.2 Å². The summed E-state index contributed by atoms with van der Waals surface area (Å²) in [6.07, 6.45) is 2.12. The molecule has 2 aliphatic rings. The maximum Gasteiger partial charge on any atom is 0.251 e. The third-order valence-corrected chi connectivity index (χ3v) is 9.16. The lowest BCUT2D eigenvalue weighted by atomic mass is 10.0. The van der Waals surface area contributed by atoms with E-state index in [4.69, 9.17) is 19.9 Å². The molecule has 56 heavy (non-hydrogen) atoms. The molecule has 2 heterocycles. The Morgan fingerprint density at radius 1 is 0.911 bits per heavy atom. The number of carbonyl (C=O) groups is 5. The van der Waals surface area contributed by atoms with Gasteiger partial charge in [-0.05, 0) is 80.8 Å². The Bertz CT molecular complexity index is 1790. The summed E-state index contributed by atoms with van der Waals surface area (Å²) in [7, 11) is 2.99. The van der Waals surface area contributed by atoms with Crippen LogP contribution >= 0.6 is 12.4 Å². The quantitative estimate of drug-likeness (QED) is 0.211. The van der Waals surface area contributed by atoms with Gasteiger partial charge < -0.3 is 46.1 Å². The summed E-state index contributed by atoms with van der Waals surface area (Å²) < 4.78 is 17.2. The van der Waals surface area contributed by atoms with Crippen molar-refractivity contribution < 1.29 is 38.2 Å². The molecule has 0 saturated carbocycles. The number of halogens is 1. The molecule has 0 saturated heterocycles. The van der Waals surface area contributed by atoms with Gasteiger partial charge in [0.05, 0.1) is 26.8 Å². The fourth-order valence-corrected chi connectivity index (χ4v) is 6.15. The summed E-state index contributed by atoms with van der Waals surface area (Å²) >= 11 is 0. The average Bonchev–Trinajstić information content (AvgIpc) is 3.17. The minimum atomic E-state index is -1.00. The number of amides is 5. The normalized spacial score (nSPS) is 18.1. The Kier molecular flexibility index (Phi) is 17.9. The van der Waals surface area contributed by atoms with Gasteiger partial charge in [0.15, 0.2) is 11.5 Å². The van der Waals surface area contributed by atoms with Gasteiger partial charge in [-0.2, -0.15) is 0 Å². The largest absolute Gasteiger partial charge is 0.496 e. The van der Waals surface area contributed by atoms with Gasteiger partial charge in [-0.25, -0.2) is 0 Å². The predicted octanol–water partition coefficient (Wildman–Crippen LogP) is 3.88. The lowest BCUT2D eigenvalue weighted by molar-refractivity contribution is -0.138. The van der Waals surface area contributed by atoms with Crippen molar-refractivity contribution in [3.05, 3.63) is 83.4 Å². The Balaban J connectivity index is 0.00000841. The van der Waals surface area contributed by atoms with E-state index < -0.39 is 35.8 Å². The first kappa shape index (κ1) is 45.1. The lowest BCUT2D eigenvalue weighted by Crippen LogP contribution is -2.55. The number of benzene rings is 3. The second-order valence-electron chi connectivity index (χ2n) is 14.0. The molecular weight excluding hydrogens is 740 g/mol. The van der Waals surface area contributed by atoms with Gasteiger partial charge in [-0.15, -0.1) is 12.4 Å². The number of rotatable bonds is 8. The van der Waals surface area contributed by atoms with E-state index >= 15 is 0 Å². The fraction of sp³-hybridized carbons (Fsp3) is 0.439. The molecule has 6 N–H and O–H groups in total. The van der Waals surface area contributed by atoms with Crippen LogP contribution in [0.25, 0.3) is 0 Å². The fourth-order valence-electron chi connectivity index (χ4n) is 6.15. The number of nitrogens with zero attached hydrogens (tertiary/aromatic N) is 1. The topological polar surface area (TPSA) is 190 Å². The summed E-state index contributed by atoms with van der Waals surface area (Å²) in [5.41, 5.74) is 8.25. The number of aryl methyl sites for hydroxylation is 1. The highest BCUT2D eigenvalue weighted by atomic mass is 35.5. The van der Waals surface area contributed by atoms with Crippen LogP contribution in [0.15, 0.2) is 66.7 Å². The first-order valence-electron chi connectivity index (χ1n) is 18.6. The van der Waals surface area contributed by atoms with Crippen LogP contribution in [0, 0.1) is 5.92 Å². The van der Waals surface area contributed by atoms with Crippen LogP contribution in [0.5, 0.6) is 23.0 Å². The van der Waals surface area contributed by atoms with E-state index in [0.29, 0.717) is 66.4 Å². The van der Waals surface area contributed by atoms with E-state index in [9.17, 15) is 24.0 Å². The van der Waals surface area contributed by atoms with E-state index in [0.717, 1.165) is 5.56 Å². The summed E-state index contributed by atoms with van der Waals surface area (Å²) in [6, 6.07) is 16.7. The minimum absolute atomic E-state index is 0. The molecule has 3 aromatic rings. The predicted molar refractivity (Wildman–Crippen MR) is 215 cm³/mol. The Morgan fingerprint density at radius 3 is 2.34 bits per heavy atom. The molecule has 0 unspecified atom stereocenters. The molecule has 0 fully saturated rings. The van der Waals surface area contributed by atoms with Crippen LogP contribution in [-0.4, -0.2) is 86.4 Å². The van der Waals surface area contributed by atoms with Crippen molar-refractivity contribution in [2.45, 2.75) is 77.5 Å². The van der Waals surface area contributed by atoms with Crippen LogP contribution in [0.2, 0.25) is 0 Å². The lowest BCUT2D eigenvalue weighted by Gasteiger charge is -2.27. The van der Waals surface area contributed by atoms with Crippen LogP contribution < -0.4 is 41.2 Å². The number of fused-ring (bicyclic) bond motifs is 18. The molecule has 3 atom stereocenters. The first-order chi connectivity index (χ1) is 26.4. The number of methoxy groups -OCH3 is 2. The highest BCUT2D eigenvalue weighted by Gasteiger charge is 2.28. The number of nitrogens with one attached hydrogen (secondary N) is 4. The highest BCUT2D eigenvalue weighted by Crippen LogP contribution is 2.35. The molecular formula is C41H55ClN6O8. The molecule has 5 rings (SSSR count). The Morgan fingerprint density at radius 2 is 1.64 bits per heavy atom. The van der Waals surface area contributed by atoms with Crippen molar-refractivity contribution in [1.82, 2.24) is 26.2 Å². The van der Waals surface area contributed by atoms with Crippen LogP contribution in [0.3, 0.4) is 0 Å². The van der Waals surface area contributed by atoms with Gasteiger partial charge in [0, 0.05) is 36.8 Å². The summed E-state index contributed by atoms with van der Waals surface area (Å²) in [6.45, 7) is 5.75. The molecule has 2 aliphatic heterocycles. The maximum absolute atomic E-state index is 13.7. The molecule has 14 nitrogen and oxygen atoms in total. The van der Waals surface area contributed by atoms with Crippen molar-refractivity contribution in [3.8, 4) is 23.0 Å². The van der Waals surface area contributed by atoms with Crippen LogP contribution in [0.1, 0.15) is 67.9 Å². The number of nitrogens with two attached hydrogens (primary N) is 1. The third-order valence-electron chi connectivity index (χ3n) is 9.16. The van der Waals surface area contributed by atoms with E-state index in [1.807, 2.05) is 44.2 Å². The van der Waals surface area contributed by atoms with E-state index in [1.165, 1.54) is 19.1 Å². The van der Waals surface area contributed by atoms with Crippen molar-refractivity contribution in [2.75, 3.05) is 33.9 Å². The number of ether oxygens (including phenoxy) is 3. The van der Waals surface area contributed by atoms with Crippen molar-refractivity contribution in [3.63, 3.8) is 0 Å². The molecule has 3 aromatic carbocycles. The standard InChI is InChI=1S/C41H54N6O8.ClH/c1-26(2)21-32(42)41(52)47-20-10-9-19-43-39(50)29-15-18-34(53-4)36(22-29)55-31-16-14-30(35(23-31)54-5)24-44-38(49)27(3)45-40(51)33(46-37(48)25-47)17-13-28-11-7-6-8-12-28;/h6-8,11-12,14-16,18,22-23,26-27,32-33H,9-10,13,17,19-21,24-25,42H2,1-5H3,(H,43,50)(H,44,49)(H,45,51)(H,46,48);1H/t27-,32-,33-;/m0./s1. The molecule has 4 bridgehead atoms. The highest BCUT2D eigenvalue weighted by molar-refractivity contribution is 5.95. The summed E-state index contributed by atoms with van der Waals surface area (Å²) in [5.74, 6) is -0.530. The number of hydrogen-bond acceptors (Lipinski definition) is 9. The molecule has 304 valence electrons.